The highest BCUT2D eigenvalue weighted by Crippen LogP contribution is 2.31. The molecule has 1 fully saturated rings. The van der Waals surface area contributed by atoms with Crippen LogP contribution in [-0.4, -0.2) is 34.2 Å². The molecule has 23 heavy (non-hydrogen) atoms. The minimum atomic E-state index is -2.67. The summed E-state index contributed by atoms with van der Waals surface area (Å²) in [6.45, 7) is 18.5. The molecule has 4 nitrogen and oxygen atoms in total. The van der Waals surface area contributed by atoms with Gasteiger partial charge in [-0.2, -0.15) is 0 Å². The van der Waals surface area contributed by atoms with Gasteiger partial charge in [-0.1, -0.05) is 36.9 Å². The molecule has 0 aromatic heterocycles. The van der Waals surface area contributed by atoms with Crippen molar-refractivity contribution in [3.05, 3.63) is 36.4 Å². The van der Waals surface area contributed by atoms with Gasteiger partial charge in [0, 0.05) is 0 Å². The van der Waals surface area contributed by atoms with Crippen LogP contribution >= 0.6 is 0 Å². The van der Waals surface area contributed by atoms with E-state index in [1.54, 1.807) is 0 Å². The molecular weight excluding hydrogens is 357 g/mol. The summed E-state index contributed by atoms with van der Waals surface area (Å²) in [4.78, 5) is 0. The zero-order valence-electron chi connectivity index (χ0n) is 15.2. The molecule has 128 valence electrons. The molecule has 0 N–H and O–H groups in total. The number of hydrogen-bond donors (Lipinski definition) is 0. The van der Waals surface area contributed by atoms with Gasteiger partial charge in [-0.15, -0.1) is 0 Å². The largest absolute Gasteiger partial charge is 0.416 e. The molecule has 8 heteroatoms. The summed E-state index contributed by atoms with van der Waals surface area (Å²) in [6.07, 6.45) is 1.86. The first kappa shape index (κ1) is 19.0. The van der Waals surface area contributed by atoms with Gasteiger partial charge in [0.25, 0.3) is 0 Å². The van der Waals surface area contributed by atoms with E-state index in [2.05, 4.69) is 64.5 Å². The quantitative estimate of drug-likeness (QED) is 0.727. The molecule has 0 aliphatic carbocycles. The average Bonchev–Trinajstić information content (AvgIpc) is 2.32. The van der Waals surface area contributed by atoms with Gasteiger partial charge in [-0.25, -0.2) is 0 Å². The summed E-state index contributed by atoms with van der Waals surface area (Å²) in [7, 11) is -9.65. The van der Waals surface area contributed by atoms with Crippen molar-refractivity contribution in [3.63, 3.8) is 0 Å². The zero-order valence-corrected chi connectivity index (χ0v) is 19.2. The van der Waals surface area contributed by atoms with E-state index in [9.17, 15) is 0 Å². The fourth-order valence-electron chi connectivity index (χ4n) is 3.40. The lowest BCUT2D eigenvalue weighted by Gasteiger charge is -2.47. The van der Waals surface area contributed by atoms with Gasteiger partial charge in [-0.05, 0) is 56.6 Å². The molecule has 0 bridgehead atoms. The lowest BCUT2D eigenvalue weighted by molar-refractivity contribution is 0.242. The second-order valence-electron chi connectivity index (χ2n) is 7.34. The Hall–Kier alpha value is -0.332. The topological polar surface area (TPSA) is 36.9 Å². The Labute approximate surface area is 144 Å². The number of benzene rings is 1. The van der Waals surface area contributed by atoms with Crippen molar-refractivity contribution < 1.29 is 16.5 Å². The summed E-state index contributed by atoms with van der Waals surface area (Å²) >= 11 is 0. The fourth-order valence-corrected chi connectivity index (χ4v) is 24.5. The van der Waals surface area contributed by atoms with Crippen LogP contribution in [-0.2, 0) is 16.5 Å². The van der Waals surface area contributed by atoms with Crippen LogP contribution in [0.3, 0.4) is 0 Å². The first-order valence-electron chi connectivity index (χ1n) is 7.91. The molecule has 1 aliphatic rings. The highest BCUT2D eigenvalue weighted by Gasteiger charge is 2.53. The normalized spacial score (nSPS) is 25.2. The Morgan fingerprint density at radius 1 is 0.739 bits per heavy atom. The van der Waals surface area contributed by atoms with Gasteiger partial charge in [0.2, 0.25) is 0 Å². The molecular formula is C15H28O4Si4. The highest BCUT2D eigenvalue weighted by atomic mass is 28.5. The second-order valence-corrected chi connectivity index (χ2v) is 21.4. The van der Waals surface area contributed by atoms with Gasteiger partial charge in [0.15, 0.2) is 0 Å². The number of rotatable bonds is 2. The molecule has 0 spiro atoms. The van der Waals surface area contributed by atoms with E-state index in [0.717, 1.165) is 10.8 Å². The smallest absolute Gasteiger partial charge is 0.352 e. The summed E-state index contributed by atoms with van der Waals surface area (Å²) in [6, 6.07) is 8.17. The van der Waals surface area contributed by atoms with Crippen molar-refractivity contribution in [2.24, 2.45) is 0 Å². The van der Waals surface area contributed by atoms with Crippen LogP contribution in [0, 0.1) is 0 Å². The summed E-state index contributed by atoms with van der Waals surface area (Å²) in [5, 5.41) is 1.10. The molecule has 1 aliphatic heterocycles. The van der Waals surface area contributed by atoms with E-state index in [1.165, 1.54) is 0 Å². The van der Waals surface area contributed by atoms with Crippen LogP contribution in [0.15, 0.2) is 30.8 Å². The van der Waals surface area contributed by atoms with Crippen molar-refractivity contribution in [3.8, 4) is 0 Å². The van der Waals surface area contributed by atoms with Crippen LogP contribution in [0.1, 0.15) is 5.56 Å². The minimum Gasteiger partial charge on any atom is -0.416 e. The summed E-state index contributed by atoms with van der Waals surface area (Å²) < 4.78 is 26.1. The predicted molar refractivity (Wildman–Crippen MR) is 105 cm³/mol. The van der Waals surface area contributed by atoms with Crippen molar-refractivity contribution in [2.75, 3.05) is 0 Å². The first-order valence-corrected chi connectivity index (χ1v) is 18.7. The monoisotopic (exact) mass is 384 g/mol. The van der Waals surface area contributed by atoms with Crippen molar-refractivity contribution in [1.82, 2.24) is 0 Å². The molecule has 1 heterocycles. The van der Waals surface area contributed by atoms with E-state index in [-0.39, 0.29) is 0 Å². The molecule has 1 aromatic carbocycles. The van der Waals surface area contributed by atoms with E-state index >= 15 is 0 Å². The lowest BCUT2D eigenvalue weighted by atomic mass is 10.2. The fraction of sp³-hybridized carbons (Fsp3) is 0.467. The van der Waals surface area contributed by atoms with Crippen LogP contribution in [0.25, 0.3) is 6.08 Å². The Kier molecular flexibility index (Phi) is 5.11. The van der Waals surface area contributed by atoms with Gasteiger partial charge in [-0.3, -0.25) is 0 Å². The van der Waals surface area contributed by atoms with Gasteiger partial charge >= 0.3 is 34.2 Å². The second kappa shape index (κ2) is 6.19. The van der Waals surface area contributed by atoms with E-state index in [4.69, 9.17) is 16.5 Å². The van der Waals surface area contributed by atoms with Crippen LogP contribution in [0.2, 0.25) is 45.8 Å². The molecule has 0 atom stereocenters. The maximum absolute atomic E-state index is 6.64. The zero-order chi connectivity index (χ0) is 17.5. The van der Waals surface area contributed by atoms with E-state index in [1.807, 2.05) is 18.2 Å². The van der Waals surface area contributed by atoms with Crippen molar-refractivity contribution in [2.45, 2.75) is 45.8 Å². The molecule has 1 saturated heterocycles. The lowest BCUT2D eigenvalue weighted by Crippen LogP contribution is -2.69. The SMILES string of the molecule is C=Cc1ccccc1[Si]1(C)O[Si](C)(C)O[Si](C)(C)O[Si](C)(C)O1. The Morgan fingerprint density at radius 3 is 1.65 bits per heavy atom. The summed E-state index contributed by atoms with van der Waals surface area (Å²) in [5.41, 5.74) is 1.06. The molecule has 2 rings (SSSR count). The molecule has 0 radical (unpaired) electrons. The van der Waals surface area contributed by atoms with Crippen molar-refractivity contribution >= 4 is 45.5 Å². The third kappa shape index (κ3) is 4.60. The van der Waals surface area contributed by atoms with Crippen LogP contribution in [0.5, 0.6) is 0 Å². The standard InChI is InChI=1S/C15H28O4Si4/c1-9-14-12-10-11-13-15(14)23(8)18-21(4,5)16-20(2,3)17-22(6,7)19-23/h9-13H,1H2,2-8H3. The maximum Gasteiger partial charge on any atom is 0.352 e. The first-order chi connectivity index (χ1) is 10.4. The maximum atomic E-state index is 6.64. The van der Waals surface area contributed by atoms with Gasteiger partial charge < -0.3 is 16.5 Å². The minimum absolute atomic E-state index is 1.06. The Balaban J connectivity index is 2.53. The molecule has 0 amide bonds. The van der Waals surface area contributed by atoms with E-state index in [0.29, 0.717) is 0 Å². The predicted octanol–water partition coefficient (Wildman–Crippen LogP) is 3.79. The van der Waals surface area contributed by atoms with Crippen LogP contribution < -0.4 is 5.19 Å². The molecule has 0 saturated carbocycles. The summed E-state index contributed by atoms with van der Waals surface area (Å²) in [5.74, 6) is 0. The highest BCUT2D eigenvalue weighted by molar-refractivity contribution is 6.97. The number of hydrogen-bond acceptors (Lipinski definition) is 4. The van der Waals surface area contributed by atoms with Crippen LogP contribution in [0.4, 0.5) is 0 Å². The van der Waals surface area contributed by atoms with E-state index < -0.39 is 34.2 Å². The molecule has 0 unspecified atom stereocenters. The Morgan fingerprint density at radius 2 is 1.17 bits per heavy atom. The third-order valence-electron chi connectivity index (χ3n) is 3.53. The van der Waals surface area contributed by atoms with Crippen molar-refractivity contribution in [1.29, 1.82) is 0 Å². The van der Waals surface area contributed by atoms with Gasteiger partial charge in [0.1, 0.15) is 0 Å². The molecule has 1 aromatic rings. The average molecular weight is 385 g/mol. The Bertz CT molecular complexity index is 579. The van der Waals surface area contributed by atoms with Gasteiger partial charge in [0.05, 0.1) is 0 Å². The third-order valence-corrected chi connectivity index (χ3v) is 19.9.